The standard InChI is InChI=1S/C20H17ClN4/c21-16-8-6-15(7-9-16)19-18-3-1-2-12-23-20(18)25(24-19)17-10-4-14(13-22)5-11-17/h4-11,23H,1-3,12H2. The molecule has 1 aliphatic heterocycles. The maximum Gasteiger partial charge on any atom is 0.133 e. The van der Waals surface area contributed by atoms with Gasteiger partial charge in [0.05, 0.1) is 23.0 Å². The van der Waals surface area contributed by atoms with Crippen molar-refractivity contribution in [2.24, 2.45) is 0 Å². The third-order valence-corrected chi connectivity index (χ3v) is 4.74. The summed E-state index contributed by atoms with van der Waals surface area (Å²) in [5.74, 6) is 1.05. The highest BCUT2D eigenvalue weighted by molar-refractivity contribution is 6.30. The molecule has 0 unspecified atom stereocenters. The Morgan fingerprint density at radius 1 is 1.04 bits per heavy atom. The first-order valence-electron chi connectivity index (χ1n) is 8.38. The quantitative estimate of drug-likeness (QED) is 0.722. The Morgan fingerprint density at radius 3 is 2.52 bits per heavy atom. The second-order valence-electron chi connectivity index (χ2n) is 6.14. The van der Waals surface area contributed by atoms with Crippen LogP contribution in [0.25, 0.3) is 16.9 Å². The smallest absolute Gasteiger partial charge is 0.133 e. The van der Waals surface area contributed by atoms with Crippen molar-refractivity contribution in [3.63, 3.8) is 0 Å². The number of nitrogens with zero attached hydrogens (tertiary/aromatic N) is 3. The lowest BCUT2D eigenvalue weighted by Gasteiger charge is -2.09. The van der Waals surface area contributed by atoms with E-state index in [0.717, 1.165) is 53.6 Å². The number of anilines is 1. The molecule has 0 bridgehead atoms. The van der Waals surface area contributed by atoms with Crippen LogP contribution in [-0.4, -0.2) is 16.3 Å². The highest BCUT2D eigenvalue weighted by Crippen LogP contribution is 2.34. The molecule has 0 saturated carbocycles. The van der Waals surface area contributed by atoms with Crippen molar-refractivity contribution in [3.05, 3.63) is 64.7 Å². The van der Waals surface area contributed by atoms with Gasteiger partial charge in [-0.3, -0.25) is 0 Å². The summed E-state index contributed by atoms with van der Waals surface area (Å²) in [4.78, 5) is 0. The molecule has 4 rings (SSSR count). The van der Waals surface area contributed by atoms with Crippen molar-refractivity contribution in [1.82, 2.24) is 9.78 Å². The molecule has 0 atom stereocenters. The van der Waals surface area contributed by atoms with Gasteiger partial charge in [-0.05, 0) is 55.7 Å². The van der Waals surface area contributed by atoms with Gasteiger partial charge in [-0.15, -0.1) is 0 Å². The van der Waals surface area contributed by atoms with Gasteiger partial charge in [0, 0.05) is 22.7 Å². The highest BCUT2D eigenvalue weighted by Gasteiger charge is 2.21. The number of hydrogen-bond donors (Lipinski definition) is 1. The van der Waals surface area contributed by atoms with Gasteiger partial charge in [-0.1, -0.05) is 23.7 Å². The maximum absolute atomic E-state index is 9.01. The van der Waals surface area contributed by atoms with Crippen molar-refractivity contribution in [1.29, 1.82) is 5.26 Å². The van der Waals surface area contributed by atoms with Crippen molar-refractivity contribution < 1.29 is 0 Å². The zero-order chi connectivity index (χ0) is 17.2. The third kappa shape index (κ3) is 2.99. The van der Waals surface area contributed by atoms with Crippen LogP contribution in [0.15, 0.2) is 48.5 Å². The minimum absolute atomic E-state index is 0.646. The summed E-state index contributed by atoms with van der Waals surface area (Å²) >= 11 is 6.03. The molecule has 1 N–H and O–H groups in total. The molecule has 0 aliphatic carbocycles. The summed E-state index contributed by atoms with van der Waals surface area (Å²) in [5.41, 5.74) is 4.89. The van der Waals surface area contributed by atoms with Gasteiger partial charge in [-0.2, -0.15) is 10.4 Å². The second kappa shape index (κ2) is 6.62. The summed E-state index contributed by atoms with van der Waals surface area (Å²) in [6.45, 7) is 0.940. The average molecular weight is 349 g/mol. The number of nitrogens with one attached hydrogen (secondary N) is 1. The van der Waals surface area contributed by atoms with E-state index in [0.29, 0.717) is 5.56 Å². The average Bonchev–Trinajstić information content (AvgIpc) is 2.84. The van der Waals surface area contributed by atoms with E-state index in [-0.39, 0.29) is 0 Å². The van der Waals surface area contributed by atoms with E-state index in [1.54, 1.807) is 0 Å². The highest BCUT2D eigenvalue weighted by atomic mass is 35.5. The SMILES string of the molecule is N#Cc1ccc(-n2nc(-c3ccc(Cl)cc3)c3c2NCCCC3)cc1. The summed E-state index contributed by atoms with van der Waals surface area (Å²) in [5, 5.41) is 18.1. The van der Waals surface area contributed by atoms with Crippen LogP contribution < -0.4 is 5.32 Å². The number of aromatic nitrogens is 2. The Balaban J connectivity index is 1.86. The molecule has 25 heavy (non-hydrogen) atoms. The molecule has 0 fully saturated rings. The van der Waals surface area contributed by atoms with Gasteiger partial charge in [0.2, 0.25) is 0 Å². The van der Waals surface area contributed by atoms with Crippen LogP contribution in [0.2, 0.25) is 5.02 Å². The fraction of sp³-hybridized carbons (Fsp3) is 0.200. The van der Waals surface area contributed by atoms with Crippen LogP contribution in [0.5, 0.6) is 0 Å². The van der Waals surface area contributed by atoms with Gasteiger partial charge in [-0.25, -0.2) is 4.68 Å². The van der Waals surface area contributed by atoms with Crippen LogP contribution in [0.1, 0.15) is 24.0 Å². The molecule has 2 heterocycles. The predicted octanol–water partition coefficient (Wildman–Crippen LogP) is 4.81. The number of nitriles is 1. The number of benzene rings is 2. The third-order valence-electron chi connectivity index (χ3n) is 4.49. The molecule has 4 nitrogen and oxygen atoms in total. The maximum atomic E-state index is 9.01. The van der Waals surface area contributed by atoms with Crippen molar-refractivity contribution >= 4 is 17.4 Å². The number of rotatable bonds is 2. The Kier molecular flexibility index (Phi) is 4.17. The molecule has 0 spiro atoms. The Bertz CT molecular complexity index is 934. The van der Waals surface area contributed by atoms with Gasteiger partial charge in [0.25, 0.3) is 0 Å². The normalized spacial score (nSPS) is 13.4. The fourth-order valence-corrected chi connectivity index (χ4v) is 3.33. The van der Waals surface area contributed by atoms with Crippen LogP contribution in [0.4, 0.5) is 5.82 Å². The van der Waals surface area contributed by atoms with E-state index in [1.807, 2.05) is 53.2 Å². The van der Waals surface area contributed by atoms with Crippen LogP contribution in [-0.2, 0) is 6.42 Å². The minimum atomic E-state index is 0.646. The number of fused-ring (bicyclic) bond motifs is 1. The van der Waals surface area contributed by atoms with Crippen LogP contribution in [0, 0.1) is 11.3 Å². The first-order valence-corrected chi connectivity index (χ1v) is 8.76. The van der Waals surface area contributed by atoms with E-state index >= 15 is 0 Å². The summed E-state index contributed by atoms with van der Waals surface area (Å²) in [6.07, 6.45) is 3.28. The molecule has 3 aromatic rings. The summed E-state index contributed by atoms with van der Waals surface area (Å²) in [7, 11) is 0. The summed E-state index contributed by atoms with van der Waals surface area (Å²) in [6, 6.07) is 17.5. The largest absolute Gasteiger partial charge is 0.370 e. The lowest BCUT2D eigenvalue weighted by Crippen LogP contribution is -2.07. The Labute approximate surface area is 151 Å². The van der Waals surface area contributed by atoms with E-state index in [1.165, 1.54) is 5.56 Å². The zero-order valence-electron chi connectivity index (χ0n) is 13.7. The van der Waals surface area contributed by atoms with Gasteiger partial charge in [0.1, 0.15) is 5.82 Å². The van der Waals surface area contributed by atoms with E-state index in [9.17, 15) is 0 Å². The Hall–Kier alpha value is -2.77. The van der Waals surface area contributed by atoms with Crippen LogP contribution in [0.3, 0.4) is 0 Å². The molecule has 2 aromatic carbocycles. The molecular weight excluding hydrogens is 332 g/mol. The van der Waals surface area contributed by atoms with E-state index in [2.05, 4.69) is 11.4 Å². The molecule has 124 valence electrons. The lowest BCUT2D eigenvalue weighted by atomic mass is 10.0. The van der Waals surface area contributed by atoms with Crippen molar-refractivity contribution in [2.45, 2.75) is 19.3 Å². The van der Waals surface area contributed by atoms with E-state index in [4.69, 9.17) is 22.0 Å². The van der Waals surface area contributed by atoms with E-state index < -0.39 is 0 Å². The van der Waals surface area contributed by atoms with Gasteiger partial charge < -0.3 is 5.32 Å². The monoisotopic (exact) mass is 348 g/mol. The fourth-order valence-electron chi connectivity index (χ4n) is 3.21. The zero-order valence-corrected chi connectivity index (χ0v) is 14.4. The molecule has 0 radical (unpaired) electrons. The summed E-state index contributed by atoms with van der Waals surface area (Å²) < 4.78 is 1.95. The van der Waals surface area contributed by atoms with Crippen molar-refractivity contribution in [2.75, 3.05) is 11.9 Å². The molecule has 1 aliphatic rings. The first-order chi connectivity index (χ1) is 12.3. The second-order valence-corrected chi connectivity index (χ2v) is 6.57. The lowest BCUT2D eigenvalue weighted by molar-refractivity contribution is 0.780. The topological polar surface area (TPSA) is 53.6 Å². The minimum Gasteiger partial charge on any atom is -0.370 e. The van der Waals surface area contributed by atoms with Crippen molar-refractivity contribution in [3.8, 4) is 23.0 Å². The number of halogens is 1. The Morgan fingerprint density at radius 2 is 1.80 bits per heavy atom. The molecule has 5 heteroatoms. The molecule has 1 aromatic heterocycles. The molecule has 0 saturated heterocycles. The molecule has 0 amide bonds. The number of hydrogen-bond acceptors (Lipinski definition) is 3. The first kappa shape index (κ1) is 15.7. The van der Waals surface area contributed by atoms with Gasteiger partial charge >= 0.3 is 0 Å². The molecular formula is C20H17ClN4. The van der Waals surface area contributed by atoms with Gasteiger partial charge in [0.15, 0.2) is 0 Å². The predicted molar refractivity (Wildman–Crippen MR) is 100 cm³/mol. The van der Waals surface area contributed by atoms with Crippen LogP contribution >= 0.6 is 11.6 Å².